The second-order valence-electron chi connectivity index (χ2n) is 6.44. The number of hydrogen-bond donors (Lipinski definition) is 1. The second-order valence-corrected chi connectivity index (χ2v) is 8.33. The number of piperidine rings is 1. The van der Waals surface area contributed by atoms with E-state index in [1.807, 2.05) is 7.05 Å². The number of anilines is 1. The first-order chi connectivity index (χ1) is 12.3. The topological polar surface area (TPSA) is 75.4 Å². The van der Waals surface area contributed by atoms with Crippen LogP contribution in [0.1, 0.15) is 24.8 Å². The Morgan fingerprint density at radius 2 is 1.88 bits per heavy atom. The van der Waals surface area contributed by atoms with E-state index in [-0.39, 0.29) is 16.5 Å². The average Bonchev–Trinajstić information content (AvgIpc) is 3.07. The molecule has 9 heteroatoms. The van der Waals surface area contributed by atoms with Gasteiger partial charge in [0.1, 0.15) is 11.9 Å². The van der Waals surface area contributed by atoms with Crippen LogP contribution in [0.2, 0.25) is 0 Å². The zero-order valence-electron chi connectivity index (χ0n) is 14.3. The van der Waals surface area contributed by atoms with Crippen molar-refractivity contribution in [2.75, 3.05) is 18.0 Å². The first-order valence-corrected chi connectivity index (χ1v) is 9.88. The number of aryl methyl sites for hydroxylation is 1. The summed E-state index contributed by atoms with van der Waals surface area (Å²) in [5.74, 6) is -2.89. The summed E-state index contributed by atoms with van der Waals surface area (Å²) in [5, 5.41) is 10.5. The standard InChI is InChI=1S/C17H21F2N3O3S/c1-21-11-8-20-16(21)15(23)12-6-9-22(10-7-12)13-4-2-3-5-14(13)26(24,25)17(18)19/h2-5,8,11-12,15,17,23H,6-7,9-10H2,1H3. The number of imidazole rings is 1. The van der Waals surface area contributed by atoms with Crippen LogP contribution in [-0.4, -0.2) is 41.9 Å². The van der Waals surface area contributed by atoms with Crippen molar-refractivity contribution in [2.45, 2.75) is 29.6 Å². The predicted octanol–water partition coefficient (Wildman–Crippen LogP) is 2.37. The van der Waals surface area contributed by atoms with Crippen LogP contribution in [0.25, 0.3) is 0 Å². The van der Waals surface area contributed by atoms with E-state index in [9.17, 15) is 22.3 Å². The van der Waals surface area contributed by atoms with Crippen LogP contribution in [-0.2, 0) is 16.9 Å². The summed E-state index contributed by atoms with van der Waals surface area (Å²) in [7, 11) is -2.85. The van der Waals surface area contributed by atoms with Crippen molar-refractivity contribution in [1.29, 1.82) is 0 Å². The summed E-state index contributed by atoms with van der Waals surface area (Å²) >= 11 is 0. The van der Waals surface area contributed by atoms with Gasteiger partial charge < -0.3 is 14.6 Å². The van der Waals surface area contributed by atoms with Gasteiger partial charge in [-0.1, -0.05) is 12.1 Å². The number of para-hydroxylation sites is 1. The van der Waals surface area contributed by atoms with Crippen LogP contribution in [0.4, 0.5) is 14.5 Å². The van der Waals surface area contributed by atoms with E-state index in [4.69, 9.17) is 0 Å². The highest BCUT2D eigenvalue weighted by atomic mass is 32.2. The lowest BCUT2D eigenvalue weighted by Crippen LogP contribution is -2.37. The van der Waals surface area contributed by atoms with Crippen molar-refractivity contribution in [2.24, 2.45) is 13.0 Å². The Hall–Kier alpha value is -2.00. The Balaban J connectivity index is 1.76. The molecule has 26 heavy (non-hydrogen) atoms. The first-order valence-electron chi connectivity index (χ1n) is 8.33. The minimum atomic E-state index is -4.67. The maximum absolute atomic E-state index is 13.0. The minimum absolute atomic E-state index is 0.0220. The Morgan fingerprint density at radius 1 is 1.23 bits per heavy atom. The minimum Gasteiger partial charge on any atom is -0.385 e. The molecule has 2 heterocycles. The molecule has 1 unspecified atom stereocenters. The quantitative estimate of drug-likeness (QED) is 0.855. The number of halogens is 2. The number of aliphatic hydroxyl groups is 1. The third-order valence-corrected chi connectivity index (χ3v) is 6.28. The van der Waals surface area contributed by atoms with Crippen LogP contribution >= 0.6 is 0 Å². The fraction of sp³-hybridized carbons (Fsp3) is 0.471. The number of hydrogen-bond acceptors (Lipinski definition) is 5. The highest BCUT2D eigenvalue weighted by molar-refractivity contribution is 7.91. The van der Waals surface area contributed by atoms with E-state index in [0.717, 1.165) is 0 Å². The smallest absolute Gasteiger partial charge is 0.341 e. The summed E-state index contributed by atoms with van der Waals surface area (Å²) in [6.07, 6.45) is 3.89. The normalized spacial score (nSPS) is 17.7. The van der Waals surface area contributed by atoms with Gasteiger partial charge in [-0.25, -0.2) is 13.4 Å². The highest BCUT2D eigenvalue weighted by Crippen LogP contribution is 2.35. The Morgan fingerprint density at radius 3 is 2.46 bits per heavy atom. The van der Waals surface area contributed by atoms with Gasteiger partial charge in [-0.3, -0.25) is 0 Å². The molecule has 1 aromatic heterocycles. The molecule has 0 bridgehead atoms. The number of alkyl halides is 2. The fourth-order valence-electron chi connectivity index (χ4n) is 3.38. The molecule has 1 atom stereocenters. The molecule has 0 amide bonds. The van der Waals surface area contributed by atoms with Crippen LogP contribution < -0.4 is 4.90 Å². The molecule has 3 rings (SSSR count). The third kappa shape index (κ3) is 3.45. The van der Waals surface area contributed by atoms with Crippen LogP contribution in [0.3, 0.4) is 0 Å². The molecular formula is C17H21F2N3O3S. The number of nitrogens with zero attached hydrogens (tertiary/aromatic N) is 3. The van der Waals surface area contributed by atoms with Gasteiger partial charge in [-0.05, 0) is 30.9 Å². The van der Waals surface area contributed by atoms with Gasteiger partial charge in [0.25, 0.3) is 0 Å². The molecule has 1 aliphatic heterocycles. The van der Waals surface area contributed by atoms with Gasteiger partial charge in [-0.15, -0.1) is 0 Å². The molecule has 0 radical (unpaired) electrons. The zero-order valence-corrected chi connectivity index (χ0v) is 15.1. The maximum atomic E-state index is 13.0. The van der Waals surface area contributed by atoms with E-state index in [1.54, 1.807) is 34.0 Å². The lowest BCUT2D eigenvalue weighted by Gasteiger charge is -2.36. The van der Waals surface area contributed by atoms with E-state index in [2.05, 4.69) is 4.98 Å². The molecule has 0 spiro atoms. The van der Waals surface area contributed by atoms with Crippen molar-refractivity contribution in [3.05, 3.63) is 42.5 Å². The SMILES string of the molecule is Cn1ccnc1C(O)C1CCN(c2ccccc2S(=O)(=O)C(F)F)CC1. The van der Waals surface area contributed by atoms with Crippen molar-refractivity contribution >= 4 is 15.5 Å². The summed E-state index contributed by atoms with van der Waals surface area (Å²) in [6.45, 7) is 0.948. The lowest BCUT2D eigenvalue weighted by molar-refractivity contribution is 0.0824. The van der Waals surface area contributed by atoms with Gasteiger partial charge in [0.15, 0.2) is 0 Å². The lowest BCUT2D eigenvalue weighted by atomic mass is 9.90. The third-order valence-electron chi connectivity index (χ3n) is 4.86. The molecule has 0 aliphatic carbocycles. The molecule has 142 valence electrons. The largest absolute Gasteiger partial charge is 0.385 e. The van der Waals surface area contributed by atoms with E-state index in [0.29, 0.717) is 31.8 Å². The van der Waals surface area contributed by atoms with Gasteiger partial charge in [0, 0.05) is 32.5 Å². The molecular weight excluding hydrogens is 364 g/mol. The average molecular weight is 385 g/mol. The van der Waals surface area contributed by atoms with Crippen LogP contribution in [0.15, 0.2) is 41.6 Å². The Kier molecular flexibility index (Phi) is 5.29. The number of aliphatic hydroxyl groups excluding tert-OH is 1. The highest BCUT2D eigenvalue weighted by Gasteiger charge is 2.33. The Labute approximate surface area is 151 Å². The van der Waals surface area contributed by atoms with Gasteiger partial charge in [0.05, 0.1) is 10.6 Å². The summed E-state index contributed by atoms with van der Waals surface area (Å²) in [4.78, 5) is 5.61. The van der Waals surface area contributed by atoms with Gasteiger partial charge in [-0.2, -0.15) is 8.78 Å². The molecule has 1 aliphatic rings. The van der Waals surface area contributed by atoms with Crippen molar-refractivity contribution < 1.29 is 22.3 Å². The van der Waals surface area contributed by atoms with Crippen LogP contribution in [0.5, 0.6) is 0 Å². The van der Waals surface area contributed by atoms with Crippen molar-refractivity contribution in [1.82, 2.24) is 9.55 Å². The number of sulfone groups is 1. The number of aromatic nitrogens is 2. The first kappa shape index (κ1) is 18.8. The monoisotopic (exact) mass is 385 g/mol. The van der Waals surface area contributed by atoms with E-state index in [1.165, 1.54) is 12.1 Å². The molecule has 1 saturated heterocycles. The molecule has 1 N–H and O–H groups in total. The second kappa shape index (κ2) is 7.32. The summed E-state index contributed by atoms with van der Waals surface area (Å²) in [5.41, 5.74) is 0.290. The van der Waals surface area contributed by atoms with Gasteiger partial charge in [0.2, 0.25) is 9.84 Å². The molecule has 6 nitrogen and oxygen atoms in total. The fourth-order valence-corrected chi connectivity index (χ4v) is 4.33. The molecule has 1 fully saturated rings. The van der Waals surface area contributed by atoms with Crippen LogP contribution in [0, 0.1) is 5.92 Å². The van der Waals surface area contributed by atoms with Crippen molar-refractivity contribution in [3.8, 4) is 0 Å². The number of rotatable bonds is 5. The Bertz CT molecular complexity index is 862. The summed E-state index contributed by atoms with van der Waals surface area (Å²) < 4.78 is 51.6. The number of benzene rings is 1. The predicted molar refractivity (Wildman–Crippen MR) is 92.7 cm³/mol. The molecule has 2 aromatic rings. The van der Waals surface area contributed by atoms with Crippen molar-refractivity contribution in [3.63, 3.8) is 0 Å². The summed E-state index contributed by atoms with van der Waals surface area (Å²) in [6, 6.07) is 5.83. The zero-order chi connectivity index (χ0) is 18.9. The maximum Gasteiger partial charge on any atom is 0.341 e. The van der Waals surface area contributed by atoms with E-state index >= 15 is 0 Å². The van der Waals surface area contributed by atoms with E-state index < -0.39 is 21.7 Å². The van der Waals surface area contributed by atoms with Gasteiger partial charge >= 0.3 is 5.76 Å². The molecule has 1 aromatic carbocycles. The molecule has 0 saturated carbocycles.